The first-order chi connectivity index (χ1) is 13.2. The minimum atomic E-state index is -0.834. The van der Waals surface area contributed by atoms with Gasteiger partial charge in [-0.15, -0.1) is 0 Å². The van der Waals surface area contributed by atoms with Crippen LogP contribution in [-0.2, 0) is 11.3 Å². The summed E-state index contributed by atoms with van der Waals surface area (Å²) in [6.45, 7) is 5.44. The SMILES string of the molecule is COc1c(C)cnc(CNC(=O)C(C)NC(=O)c2cccc([N+](=O)[O-])c2)c1C. The molecule has 0 fully saturated rings. The van der Waals surface area contributed by atoms with Gasteiger partial charge in [-0.25, -0.2) is 0 Å². The van der Waals surface area contributed by atoms with E-state index in [2.05, 4.69) is 15.6 Å². The first-order valence-electron chi connectivity index (χ1n) is 8.56. The second-order valence-electron chi connectivity index (χ2n) is 6.27. The first kappa shape index (κ1) is 20.8. The molecule has 0 saturated heterocycles. The van der Waals surface area contributed by atoms with Gasteiger partial charge < -0.3 is 15.4 Å². The van der Waals surface area contributed by atoms with Crippen LogP contribution in [0, 0.1) is 24.0 Å². The highest BCUT2D eigenvalue weighted by molar-refractivity contribution is 5.97. The molecule has 1 aromatic heterocycles. The Morgan fingerprint density at radius 2 is 2.04 bits per heavy atom. The van der Waals surface area contributed by atoms with Crippen molar-refractivity contribution in [2.24, 2.45) is 0 Å². The van der Waals surface area contributed by atoms with Crippen molar-refractivity contribution in [2.75, 3.05) is 7.11 Å². The summed E-state index contributed by atoms with van der Waals surface area (Å²) in [7, 11) is 1.57. The molecule has 1 heterocycles. The van der Waals surface area contributed by atoms with E-state index >= 15 is 0 Å². The number of pyridine rings is 1. The summed E-state index contributed by atoms with van der Waals surface area (Å²) in [5, 5.41) is 16.1. The number of aryl methyl sites for hydroxylation is 1. The molecule has 0 aliphatic carbocycles. The number of rotatable bonds is 7. The minimum absolute atomic E-state index is 0.106. The van der Waals surface area contributed by atoms with Gasteiger partial charge in [0.1, 0.15) is 11.8 Å². The van der Waals surface area contributed by atoms with Gasteiger partial charge in [0, 0.05) is 35.0 Å². The Balaban J connectivity index is 1.99. The fourth-order valence-electron chi connectivity index (χ4n) is 2.68. The number of ether oxygens (including phenoxy) is 1. The highest BCUT2D eigenvalue weighted by atomic mass is 16.6. The standard InChI is InChI=1S/C19H22N4O5/c1-11-9-20-16(12(2)17(11)28-4)10-21-18(24)13(3)22-19(25)14-6-5-7-15(8-14)23(26)27/h5-9,13H,10H2,1-4H3,(H,21,24)(H,22,25). The molecule has 0 aliphatic heterocycles. The Labute approximate surface area is 162 Å². The van der Waals surface area contributed by atoms with E-state index in [1.807, 2.05) is 13.8 Å². The van der Waals surface area contributed by atoms with Crippen LogP contribution in [-0.4, -0.2) is 34.9 Å². The third kappa shape index (κ3) is 4.81. The summed E-state index contributed by atoms with van der Waals surface area (Å²) in [5.74, 6) is -0.261. The van der Waals surface area contributed by atoms with Gasteiger partial charge in [-0.2, -0.15) is 0 Å². The van der Waals surface area contributed by atoms with Crippen molar-refractivity contribution in [3.8, 4) is 5.75 Å². The number of hydrogen-bond acceptors (Lipinski definition) is 6. The van der Waals surface area contributed by atoms with Crippen LogP contribution in [0.1, 0.15) is 34.1 Å². The number of carbonyl (C=O) groups excluding carboxylic acids is 2. The Morgan fingerprint density at radius 3 is 2.68 bits per heavy atom. The highest BCUT2D eigenvalue weighted by Crippen LogP contribution is 2.23. The van der Waals surface area contributed by atoms with E-state index in [0.29, 0.717) is 11.4 Å². The fraction of sp³-hybridized carbons (Fsp3) is 0.316. The molecule has 28 heavy (non-hydrogen) atoms. The van der Waals surface area contributed by atoms with Crippen molar-refractivity contribution < 1.29 is 19.2 Å². The molecule has 2 N–H and O–H groups in total. The van der Waals surface area contributed by atoms with Gasteiger partial charge in [0.15, 0.2) is 0 Å². The van der Waals surface area contributed by atoms with E-state index in [1.54, 1.807) is 13.3 Å². The van der Waals surface area contributed by atoms with E-state index in [-0.39, 0.29) is 17.8 Å². The number of nitrogens with one attached hydrogen (secondary N) is 2. The average Bonchev–Trinajstić information content (AvgIpc) is 2.67. The molecule has 2 rings (SSSR count). The zero-order valence-electron chi connectivity index (χ0n) is 16.1. The summed E-state index contributed by atoms with van der Waals surface area (Å²) >= 11 is 0. The predicted octanol–water partition coefficient (Wildman–Crippen LogP) is 2.05. The van der Waals surface area contributed by atoms with Gasteiger partial charge in [-0.3, -0.25) is 24.7 Å². The molecule has 1 atom stereocenters. The maximum atomic E-state index is 12.3. The molecule has 0 aliphatic rings. The molecule has 0 spiro atoms. The van der Waals surface area contributed by atoms with Crippen LogP contribution >= 0.6 is 0 Å². The number of amides is 2. The smallest absolute Gasteiger partial charge is 0.270 e. The largest absolute Gasteiger partial charge is 0.496 e. The topological polar surface area (TPSA) is 123 Å². The van der Waals surface area contributed by atoms with Gasteiger partial charge >= 0.3 is 0 Å². The Kier molecular flexibility index (Phi) is 6.64. The first-order valence-corrected chi connectivity index (χ1v) is 8.56. The number of non-ortho nitro benzene ring substituents is 1. The second kappa shape index (κ2) is 8.94. The number of benzene rings is 1. The molecular weight excluding hydrogens is 364 g/mol. The Hall–Kier alpha value is -3.49. The summed E-state index contributed by atoms with van der Waals surface area (Å²) in [6, 6.07) is 4.47. The molecule has 0 radical (unpaired) electrons. The molecule has 2 amide bonds. The van der Waals surface area contributed by atoms with Gasteiger partial charge in [-0.1, -0.05) is 6.07 Å². The van der Waals surface area contributed by atoms with E-state index in [1.165, 1.54) is 25.1 Å². The maximum Gasteiger partial charge on any atom is 0.270 e. The van der Waals surface area contributed by atoms with E-state index in [0.717, 1.165) is 17.2 Å². The Morgan fingerprint density at radius 1 is 1.32 bits per heavy atom. The minimum Gasteiger partial charge on any atom is -0.496 e. The second-order valence-corrected chi connectivity index (χ2v) is 6.27. The lowest BCUT2D eigenvalue weighted by molar-refractivity contribution is -0.384. The molecule has 1 unspecified atom stereocenters. The third-order valence-corrected chi connectivity index (χ3v) is 4.24. The highest BCUT2D eigenvalue weighted by Gasteiger charge is 2.19. The van der Waals surface area contributed by atoms with E-state index in [4.69, 9.17) is 4.74 Å². The molecule has 9 heteroatoms. The predicted molar refractivity (Wildman–Crippen MR) is 102 cm³/mol. The number of nitro groups is 1. The number of methoxy groups -OCH3 is 1. The lowest BCUT2D eigenvalue weighted by atomic mass is 10.1. The number of carbonyl (C=O) groups is 2. The van der Waals surface area contributed by atoms with Crippen LogP contribution in [0.2, 0.25) is 0 Å². The molecule has 148 valence electrons. The lowest BCUT2D eigenvalue weighted by Crippen LogP contribution is -2.44. The Bertz CT molecular complexity index is 913. The number of aromatic nitrogens is 1. The van der Waals surface area contributed by atoms with E-state index in [9.17, 15) is 19.7 Å². The summed E-state index contributed by atoms with van der Waals surface area (Å²) in [4.78, 5) is 39.1. The molecule has 1 aromatic carbocycles. The fourth-order valence-corrected chi connectivity index (χ4v) is 2.68. The molecular formula is C19H22N4O5. The summed E-state index contributed by atoms with van der Waals surface area (Å²) in [6.07, 6.45) is 1.67. The zero-order chi connectivity index (χ0) is 20.8. The molecule has 2 aromatic rings. The normalized spacial score (nSPS) is 11.4. The molecule has 0 saturated carbocycles. The van der Waals surface area contributed by atoms with Crippen molar-refractivity contribution >= 4 is 17.5 Å². The van der Waals surface area contributed by atoms with Gasteiger partial charge in [0.05, 0.1) is 24.3 Å². The van der Waals surface area contributed by atoms with Gasteiger partial charge in [0.25, 0.3) is 11.6 Å². The molecule has 0 bridgehead atoms. The monoisotopic (exact) mass is 386 g/mol. The van der Waals surface area contributed by atoms with Crippen molar-refractivity contribution in [1.82, 2.24) is 15.6 Å². The lowest BCUT2D eigenvalue weighted by Gasteiger charge is -2.16. The third-order valence-electron chi connectivity index (χ3n) is 4.24. The van der Waals surface area contributed by atoms with Crippen molar-refractivity contribution in [3.05, 3.63) is 63.0 Å². The van der Waals surface area contributed by atoms with Crippen molar-refractivity contribution in [1.29, 1.82) is 0 Å². The number of hydrogen-bond donors (Lipinski definition) is 2. The van der Waals surface area contributed by atoms with Crippen LogP contribution < -0.4 is 15.4 Å². The van der Waals surface area contributed by atoms with E-state index < -0.39 is 22.8 Å². The van der Waals surface area contributed by atoms with Crippen LogP contribution in [0.15, 0.2) is 30.5 Å². The maximum absolute atomic E-state index is 12.3. The molecule has 9 nitrogen and oxygen atoms in total. The number of nitro benzene ring substituents is 1. The van der Waals surface area contributed by atoms with Crippen molar-refractivity contribution in [2.45, 2.75) is 33.4 Å². The van der Waals surface area contributed by atoms with Crippen LogP contribution in [0.25, 0.3) is 0 Å². The van der Waals surface area contributed by atoms with Crippen LogP contribution in [0.3, 0.4) is 0 Å². The van der Waals surface area contributed by atoms with Gasteiger partial charge in [0.2, 0.25) is 5.91 Å². The summed E-state index contributed by atoms with van der Waals surface area (Å²) < 4.78 is 5.34. The van der Waals surface area contributed by atoms with Crippen LogP contribution in [0.4, 0.5) is 5.69 Å². The number of nitrogens with zero attached hydrogens (tertiary/aromatic N) is 2. The van der Waals surface area contributed by atoms with Crippen molar-refractivity contribution in [3.63, 3.8) is 0 Å². The zero-order valence-corrected chi connectivity index (χ0v) is 16.1. The quantitative estimate of drug-likeness (QED) is 0.554. The average molecular weight is 386 g/mol. The van der Waals surface area contributed by atoms with Gasteiger partial charge in [-0.05, 0) is 26.8 Å². The summed E-state index contributed by atoms with van der Waals surface area (Å²) in [5.41, 5.74) is 2.30. The van der Waals surface area contributed by atoms with Crippen LogP contribution in [0.5, 0.6) is 5.75 Å².